The van der Waals surface area contributed by atoms with Crippen LogP contribution in [-0.2, 0) is 17.6 Å². The van der Waals surface area contributed by atoms with Gasteiger partial charge >= 0.3 is 0 Å². The van der Waals surface area contributed by atoms with Crippen LogP contribution in [0.4, 0.5) is 0 Å². The van der Waals surface area contributed by atoms with Crippen LogP contribution < -0.4 is 0 Å². The SMILES string of the molecule is CC1c2ccc(Cl)c(Br)c2CCc2cc(Br)cnc21.CCCN(CCC)C(=O)CN1CCSCC1. The molecule has 1 aliphatic heterocycles. The molecule has 1 saturated heterocycles. The molecule has 1 fully saturated rings. The number of pyridine rings is 1. The van der Waals surface area contributed by atoms with Gasteiger partial charge < -0.3 is 4.90 Å². The highest BCUT2D eigenvalue weighted by Gasteiger charge is 2.24. The summed E-state index contributed by atoms with van der Waals surface area (Å²) in [5.41, 5.74) is 5.14. The van der Waals surface area contributed by atoms with E-state index in [9.17, 15) is 4.79 Å². The molecule has 4 rings (SSSR count). The van der Waals surface area contributed by atoms with Crippen LogP contribution in [0.3, 0.4) is 0 Å². The predicted molar refractivity (Wildman–Crippen MR) is 157 cm³/mol. The van der Waals surface area contributed by atoms with Gasteiger partial charge in [0, 0.05) is 58.7 Å². The molecule has 1 aliphatic carbocycles. The highest BCUT2D eigenvalue weighted by atomic mass is 79.9. The van der Waals surface area contributed by atoms with Crippen molar-refractivity contribution in [2.24, 2.45) is 0 Å². The van der Waals surface area contributed by atoms with Crippen molar-refractivity contribution in [2.45, 2.75) is 52.4 Å². The van der Waals surface area contributed by atoms with Crippen LogP contribution in [-0.4, -0.2) is 64.9 Å². The van der Waals surface area contributed by atoms with Crippen molar-refractivity contribution in [3.05, 3.63) is 60.7 Å². The Morgan fingerprint density at radius 2 is 1.86 bits per heavy atom. The van der Waals surface area contributed by atoms with E-state index in [2.05, 4.69) is 74.6 Å². The lowest BCUT2D eigenvalue weighted by Gasteiger charge is -2.29. The first-order valence-corrected chi connectivity index (χ1v) is 15.7. The highest BCUT2D eigenvalue weighted by molar-refractivity contribution is 9.10. The molecule has 1 atom stereocenters. The summed E-state index contributed by atoms with van der Waals surface area (Å²) in [4.78, 5) is 21.0. The van der Waals surface area contributed by atoms with Gasteiger partial charge in [0.1, 0.15) is 0 Å². The summed E-state index contributed by atoms with van der Waals surface area (Å²) in [5, 5.41) is 0.783. The number of carbonyl (C=O) groups excluding carboxylic acids is 1. The molecule has 1 aromatic carbocycles. The summed E-state index contributed by atoms with van der Waals surface area (Å²) < 4.78 is 2.08. The Hall–Kier alpha value is -0.600. The number of halogens is 3. The number of rotatable bonds is 6. The summed E-state index contributed by atoms with van der Waals surface area (Å²) in [6, 6.07) is 6.27. The number of aryl methyl sites for hydroxylation is 1. The van der Waals surface area contributed by atoms with Crippen LogP contribution in [0, 0.1) is 0 Å². The Kier molecular flexibility index (Phi) is 11.9. The van der Waals surface area contributed by atoms with Gasteiger partial charge in [-0.1, -0.05) is 38.4 Å². The zero-order chi connectivity index (χ0) is 25.4. The molecular formula is C27H36Br2ClN3OS. The van der Waals surface area contributed by atoms with E-state index in [4.69, 9.17) is 11.6 Å². The standard InChI is InChI=1S/C15H12Br2ClN.C12H24N2OS/c1-8-11-4-5-13(18)14(17)12(11)3-2-9-6-10(16)7-19-15(8)9;1-3-5-14(6-4-2)12(15)11-13-7-9-16-10-8-13/h4-8H,2-3H2,1H3;3-11H2,1-2H3. The third-order valence-electron chi connectivity index (χ3n) is 6.52. The van der Waals surface area contributed by atoms with Crippen molar-refractivity contribution in [1.29, 1.82) is 0 Å². The first-order chi connectivity index (χ1) is 16.8. The van der Waals surface area contributed by atoms with Gasteiger partial charge in [0.05, 0.1) is 17.3 Å². The molecule has 0 N–H and O–H groups in total. The lowest BCUT2D eigenvalue weighted by atomic mass is 9.93. The van der Waals surface area contributed by atoms with Gasteiger partial charge in [-0.15, -0.1) is 0 Å². The Balaban J connectivity index is 0.000000199. The molecule has 8 heteroatoms. The smallest absolute Gasteiger partial charge is 0.236 e. The molecule has 0 bridgehead atoms. The normalized spacial score (nSPS) is 17.5. The van der Waals surface area contributed by atoms with Gasteiger partial charge in [0.2, 0.25) is 5.91 Å². The van der Waals surface area contributed by atoms with Gasteiger partial charge in [0.15, 0.2) is 0 Å². The van der Waals surface area contributed by atoms with Crippen molar-refractivity contribution in [3.8, 4) is 0 Å². The molecule has 4 nitrogen and oxygen atoms in total. The summed E-state index contributed by atoms with van der Waals surface area (Å²) >= 11 is 15.3. The van der Waals surface area contributed by atoms with Crippen LogP contribution >= 0.6 is 55.2 Å². The summed E-state index contributed by atoms with van der Waals surface area (Å²) in [5.74, 6) is 2.97. The minimum atomic E-state index is 0.300. The predicted octanol–water partition coefficient (Wildman–Crippen LogP) is 7.19. The molecule has 0 saturated carbocycles. The largest absolute Gasteiger partial charge is 0.342 e. The third kappa shape index (κ3) is 7.94. The first-order valence-electron chi connectivity index (χ1n) is 12.5. The molecule has 1 unspecified atom stereocenters. The van der Waals surface area contributed by atoms with E-state index in [1.165, 1.54) is 33.9 Å². The lowest BCUT2D eigenvalue weighted by molar-refractivity contribution is -0.132. The quantitative estimate of drug-likeness (QED) is 0.333. The van der Waals surface area contributed by atoms with Gasteiger partial charge in [0.25, 0.3) is 0 Å². The van der Waals surface area contributed by atoms with Gasteiger partial charge in [-0.05, 0) is 86.4 Å². The van der Waals surface area contributed by atoms with E-state index in [0.29, 0.717) is 18.4 Å². The van der Waals surface area contributed by atoms with E-state index in [0.717, 1.165) is 65.8 Å². The maximum Gasteiger partial charge on any atom is 0.236 e. The lowest BCUT2D eigenvalue weighted by Crippen LogP contribution is -2.43. The molecule has 2 aliphatic rings. The molecule has 192 valence electrons. The van der Waals surface area contributed by atoms with Crippen LogP contribution in [0.5, 0.6) is 0 Å². The van der Waals surface area contributed by atoms with Crippen molar-refractivity contribution < 1.29 is 4.79 Å². The minimum absolute atomic E-state index is 0.300. The zero-order valence-corrected chi connectivity index (χ0v) is 25.7. The number of nitrogens with zero attached hydrogens (tertiary/aromatic N) is 3. The second-order valence-corrected chi connectivity index (χ2v) is 12.5. The molecule has 2 heterocycles. The Bertz CT molecular complexity index is 995. The maximum absolute atomic E-state index is 12.1. The zero-order valence-electron chi connectivity index (χ0n) is 21.0. The number of aromatic nitrogens is 1. The van der Waals surface area contributed by atoms with Crippen LogP contribution in [0.2, 0.25) is 5.02 Å². The fraction of sp³-hybridized carbons (Fsp3) is 0.556. The molecule has 0 radical (unpaired) electrons. The second kappa shape index (κ2) is 14.4. The van der Waals surface area contributed by atoms with E-state index in [-0.39, 0.29) is 0 Å². The van der Waals surface area contributed by atoms with Gasteiger partial charge in [-0.25, -0.2) is 0 Å². The molecule has 0 spiro atoms. The highest BCUT2D eigenvalue weighted by Crippen LogP contribution is 2.39. The number of amides is 1. The van der Waals surface area contributed by atoms with Crippen molar-refractivity contribution in [1.82, 2.24) is 14.8 Å². The third-order valence-corrected chi connectivity index (χ3v) is 9.35. The van der Waals surface area contributed by atoms with Gasteiger partial charge in [-0.2, -0.15) is 11.8 Å². The number of carbonyl (C=O) groups is 1. The fourth-order valence-corrected chi connectivity index (χ4v) is 6.80. The Morgan fingerprint density at radius 3 is 2.51 bits per heavy atom. The Morgan fingerprint density at radius 1 is 1.17 bits per heavy atom. The molecular weight excluding hydrogens is 610 g/mol. The Labute approximate surface area is 236 Å². The molecule has 35 heavy (non-hydrogen) atoms. The van der Waals surface area contributed by atoms with Crippen LogP contribution in [0.25, 0.3) is 0 Å². The van der Waals surface area contributed by atoms with Crippen molar-refractivity contribution in [2.75, 3.05) is 44.2 Å². The monoisotopic (exact) mass is 643 g/mol. The fourth-order valence-electron chi connectivity index (χ4n) is 4.71. The van der Waals surface area contributed by atoms with Crippen LogP contribution in [0.1, 0.15) is 61.9 Å². The summed E-state index contributed by atoms with van der Waals surface area (Å²) in [6.45, 7) is 11.1. The average molecular weight is 646 g/mol. The van der Waals surface area contributed by atoms with E-state index < -0.39 is 0 Å². The number of hydrogen-bond donors (Lipinski definition) is 0. The summed E-state index contributed by atoms with van der Waals surface area (Å²) in [7, 11) is 0. The van der Waals surface area contributed by atoms with E-state index >= 15 is 0 Å². The maximum atomic E-state index is 12.1. The molecule has 1 amide bonds. The van der Waals surface area contributed by atoms with E-state index in [1.807, 2.05) is 28.9 Å². The number of benzene rings is 1. The number of thioether (sulfide) groups is 1. The van der Waals surface area contributed by atoms with E-state index in [1.54, 1.807) is 0 Å². The van der Waals surface area contributed by atoms with Gasteiger partial charge in [-0.3, -0.25) is 14.7 Å². The summed E-state index contributed by atoms with van der Waals surface area (Å²) in [6.07, 6.45) is 5.98. The van der Waals surface area contributed by atoms with Crippen molar-refractivity contribution >= 4 is 61.1 Å². The number of hydrogen-bond acceptors (Lipinski definition) is 4. The average Bonchev–Trinajstić information content (AvgIpc) is 2.99. The second-order valence-electron chi connectivity index (χ2n) is 9.12. The topological polar surface area (TPSA) is 36.4 Å². The number of fused-ring (bicyclic) bond motifs is 2. The first kappa shape index (κ1) is 29.0. The molecule has 1 aromatic heterocycles. The van der Waals surface area contributed by atoms with Crippen LogP contribution in [0.15, 0.2) is 33.3 Å². The molecule has 2 aromatic rings. The minimum Gasteiger partial charge on any atom is -0.342 e. The van der Waals surface area contributed by atoms with Crippen molar-refractivity contribution in [3.63, 3.8) is 0 Å².